The summed E-state index contributed by atoms with van der Waals surface area (Å²) in [6, 6.07) is 3.89. The molecule has 1 aromatic rings. The fourth-order valence-corrected chi connectivity index (χ4v) is 1.53. The standard InChI is InChI=1S/C7H4BrClFNO/c8-6-3-4(10)1-2-5(6)7(9)11-12/h1-3,12H. The molecule has 0 fully saturated rings. The number of oxime groups is 1. The van der Waals surface area contributed by atoms with Crippen LogP contribution in [0.3, 0.4) is 0 Å². The molecule has 0 aliphatic rings. The van der Waals surface area contributed by atoms with Gasteiger partial charge in [-0.3, -0.25) is 0 Å². The largest absolute Gasteiger partial charge is 0.410 e. The maximum absolute atomic E-state index is 12.5. The van der Waals surface area contributed by atoms with Crippen molar-refractivity contribution in [1.82, 2.24) is 0 Å². The topological polar surface area (TPSA) is 32.6 Å². The zero-order valence-electron chi connectivity index (χ0n) is 5.76. The molecule has 0 amide bonds. The Hall–Kier alpha value is -0.610. The summed E-state index contributed by atoms with van der Waals surface area (Å²) in [5, 5.41) is 11.0. The molecular weight excluding hydrogens is 248 g/mol. The first-order chi connectivity index (χ1) is 5.65. The molecule has 0 bridgehead atoms. The van der Waals surface area contributed by atoms with Gasteiger partial charge in [0, 0.05) is 10.0 Å². The van der Waals surface area contributed by atoms with Crippen LogP contribution in [0.4, 0.5) is 4.39 Å². The second-order valence-corrected chi connectivity index (χ2v) is 3.23. The highest BCUT2D eigenvalue weighted by molar-refractivity contribution is 9.10. The molecule has 64 valence electrons. The molecule has 5 heteroatoms. The van der Waals surface area contributed by atoms with Crippen molar-refractivity contribution in [2.45, 2.75) is 0 Å². The summed E-state index contributed by atoms with van der Waals surface area (Å²) in [7, 11) is 0. The molecule has 0 unspecified atom stereocenters. The monoisotopic (exact) mass is 251 g/mol. The first kappa shape index (κ1) is 9.48. The second kappa shape index (κ2) is 3.87. The van der Waals surface area contributed by atoms with Crippen molar-refractivity contribution >= 4 is 32.7 Å². The van der Waals surface area contributed by atoms with Gasteiger partial charge < -0.3 is 5.21 Å². The molecule has 0 radical (unpaired) electrons. The molecule has 0 heterocycles. The van der Waals surface area contributed by atoms with Crippen LogP contribution in [-0.4, -0.2) is 10.4 Å². The zero-order valence-corrected chi connectivity index (χ0v) is 8.10. The minimum absolute atomic E-state index is 0.0816. The highest BCUT2D eigenvalue weighted by atomic mass is 79.9. The van der Waals surface area contributed by atoms with Crippen LogP contribution >= 0.6 is 27.5 Å². The minimum Gasteiger partial charge on any atom is -0.410 e. The lowest BCUT2D eigenvalue weighted by Crippen LogP contribution is -1.92. The number of hydrogen-bond donors (Lipinski definition) is 1. The van der Waals surface area contributed by atoms with Crippen LogP contribution in [0.15, 0.2) is 27.8 Å². The van der Waals surface area contributed by atoms with Gasteiger partial charge in [0.1, 0.15) is 5.82 Å². The van der Waals surface area contributed by atoms with E-state index in [9.17, 15) is 4.39 Å². The van der Waals surface area contributed by atoms with E-state index < -0.39 is 0 Å². The summed E-state index contributed by atoms with van der Waals surface area (Å²) in [6.07, 6.45) is 0. The van der Waals surface area contributed by atoms with Gasteiger partial charge in [-0.05, 0) is 34.1 Å². The van der Waals surface area contributed by atoms with Crippen molar-refractivity contribution in [2.24, 2.45) is 5.16 Å². The highest BCUT2D eigenvalue weighted by Crippen LogP contribution is 2.19. The van der Waals surface area contributed by atoms with Gasteiger partial charge in [0.15, 0.2) is 5.17 Å². The lowest BCUT2D eigenvalue weighted by molar-refractivity contribution is 0.321. The van der Waals surface area contributed by atoms with Crippen LogP contribution < -0.4 is 0 Å². The molecule has 1 N–H and O–H groups in total. The van der Waals surface area contributed by atoms with Gasteiger partial charge in [0.25, 0.3) is 0 Å². The molecule has 0 spiro atoms. The van der Waals surface area contributed by atoms with E-state index in [1.54, 1.807) is 0 Å². The molecule has 0 aliphatic heterocycles. The van der Waals surface area contributed by atoms with E-state index in [2.05, 4.69) is 21.1 Å². The maximum atomic E-state index is 12.5. The summed E-state index contributed by atoms with van der Waals surface area (Å²) in [5.41, 5.74) is 0.445. The van der Waals surface area contributed by atoms with Gasteiger partial charge in [-0.2, -0.15) is 0 Å². The molecule has 1 aromatic carbocycles. The maximum Gasteiger partial charge on any atom is 0.176 e. The van der Waals surface area contributed by atoms with Crippen molar-refractivity contribution in [2.75, 3.05) is 0 Å². The predicted molar refractivity (Wildman–Crippen MR) is 48.3 cm³/mol. The average molecular weight is 252 g/mol. The summed E-state index contributed by atoms with van der Waals surface area (Å²) >= 11 is 8.57. The van der Waals surface area contributed by atoms with Crippen LogP contribution in [-0.2, 0) is 0 Å². The average Bonchev–Trinajstić information content (AvgIpc) is 2.03. The molecule has 12 heavy (non-hydrogen) atoms. The Labute approximate surface area is 81.8 Å². The van der Waals surface area contributed by atoms with Crippen molar-refractivity contribution in [3.63, 3.8) is 0 Å². The van der Waals surface area contributed by atoms with Gasteiger partial charge in [-0.25, -0.2) is 4.39 Å². The molecule has 0 saturated carbocycles. The third-order valence-electron chi connectivity index (χ3n) is 1.24. The fourth-order valence-electron chi connectivity index (χ4n) is 0.711. The summed E-state index contributed by atoms with van der Waals surface area (Å²) in [5.74, 6) is -0.381. The Morgan fingerprint density at radius 3 is 2.75 bits per heavy atom. The van der Waals surface area contributed by atoms with E-state index in [4.69, 9.17) is 16.8 Å². The van der Waals surface area contributed by atoms with E-state index in [1.165, 1.54) is 18.2 Å². The molecule has 0 saturated heterocycles. The lowest BCUT2D eigenvalue weighted by atomic mass is 10.2. The Kier molecular flexibility index (Phi) is 3.05. The van der Waals surface area contributed by atoms with Crippen LogP contribution in [0.5, 0.6) is 0 Å². The third kappa shape index (κ3) is 1.95. The van der Waals surface area contributed by atoms with E-state index in [0.717, 1.165) is 0 Å². The molecule has 1 rings (SSSR count). The Balaban J connectivity index is 3.18. The minimum atomic E-state index is -0.381. The van der Waals surface area contributed by atoms with Crippen LogP contribution in [0.1, 0.15) is 5.56 Å². The van der Waals surface area contributed by atoms with Gasteiger partial charge in [0.2, 0.25) is 0 Å². The molecule has 0 atom stereocenters. The van der Waals surface area contributed by atoms with Crippen LogP contribution in [0, 0.1) is 5.82 Å². The van der Waals surface area contributed by atoms with Crippen molar-refractivity contribution in [3.8, 4) is 0 Å². The van der Waals surface area contributed by atoms with Crippen molar-refractivity contribution in [3.05, 3.63) is 34.1 Å². The molecule has 2 nitrogen and oxygen atoms in total. The highest BCUT2D eigenvalue weighted by Gasteiger charge is 2.06. The van der Waals surface area contributed by atoms with Gasteiger partial charge >= 0.3 is 0 Å². The summed E-state index contributed by atoms with van der Waals surface area (Å²) < 4.78 is 13.0. The zero-order chi connectivity index (χ0) is 9.14. The summed E-state index contributed by atoms with van der Waals surface area (Å²) in [6.45, 7) is 0. The number of hydrogen-bond acceptors (Lipinski definition) is 2. The van der Waals surface area contributed by atoms with E-state index in [1.807, 2.05) is 0 Å². The van der Waals surface area contributed by atoms with Gasteiger partial charge in [-0.1, -0.05) is 16.8 Å². The lowest BCUT2D eigenvalue weighted by Gasteiger charge is -1.99. The fraction of sp³-hybridized carbons (Fsp3) is 0. The molecule has 0 aliphatic carbocycles. The number of rotatable bonds is 1. The normalized spacial score (nSPS) is 11.8. The number of nitrogens with zero attached hydrogens (tertiary/aromatic N) is 1. The van der Waals surface area contributed by atoms with Crippen molar-refractivity contribution < 1.29 is 9.60 Å². The van der Waals surface area contributed by atoms with E-state index >= 15 is 0 Å². The van der Waals surface area contributed by atoms with Crippen LogP contribution in [0.2, 0.25) is 0 Å². The first-order valence-corrected chi connectivity index (χ1v) is 4.15. The Morgan fingerprint density at radius 2 is 2.25 bits per heavy atom. The van der Waals surface area contributed by atoms with Gasteiger partial charge in [0.05, 0.1) is 0 Å². The summed E-state index contributed by atoms with van der Waals surface area (Å²) in [4.78, 5) is 0. The Bertz CT molecular complexity index is 329. The van der Waals surface area contributed by atoms with Crippen molar-refractivity contribution in [1.29, 1.82) is 0 Å². The SMILES string of the molecule is ON=C(Cl)c1ccc(F)cc1Br. The molecule has 0 aromatic heterocycles. The van der Waals surface area contributed by atoms with E-state index in [0.29, 0.717) is 10.0 Å². The second-order valence-electron chi connectivity index (χ2n) is 2.01. The third-order valence-corrected chi connectivity index (χ3v) is 2.18. The smallest absolute Gasteiger partial charge is 0.176 e. The quantitative estimate of drug-likeness (QED) is 0.465. The predicted octanol–water partition coefficient (Wildman–Crippen LogP) is 2.96. The number of benzene rings is 1. The Morgan fingerprint density at radius 1 is 1.58 bits per heavy atom. The molecular formula is C7H4BrClFNO. The van der Waals surface area contributed by atoms with E-state index in [-0.39, 0.29) is 11.0 Å². The number of halogens is 3. The van der Waals surface area contributed by atoms with Gasteiger partial charge in [-0.15, -0.1) is 0 Å². The van der Waals surface area contributed by atoms with Crippen LogP contribution in [0.25, 0.3) is 0 Å². The first-order valence-electron chi connectivity index (χ1n) is 2.98.